The van der Waals surface area contributed by atoms with E-state index in [4.69, 9.17) is 5.73 Å². The molecule has 24 heavy (non-hydrogen) atoms. The smallest absolute Gasteiger partial charge is 0.222 e. The molecule has 0 bridgehead atoms. The van der Waals surface area contributed by atoms with Gasteiger partial charge >= 0.3 is 0 Å². The van der Waals surface area contributed by atoms with Crippen LogP contribution in [0.15, 0.2) is 36.0 Å². The number of rotatable bonds is 6. The molecule has 1 unspecified atom stereocenters. The Kier molecular flexibility index (Phi) is 5.93. The van der Waals surface area contributed by atoms with Crippen molar-refractivity contribution in [1.82, 2.24) is 14.9 Å². The molecule has 128 valence electrons. The van der Waals surface area contributed by atoms with Gasteiger partial charge in [0.25, 0.3) is 0 Å². The molecule has 0 radical (unpaired) electrons. The number of likely N-dealkylation sites (tertiary alicyclic amines) is 1. The normalized spacial score (nSPS) is 17.0. The zero-order chi connectivity index (χ0) is 16.8. The van der Waals surface area contributed by atoms with Crippen LogP contribution in [0, 0.1) is 5.92 Å². The molecule has 3 heterocycles. The molecule has 1 amide bonds. The molecular weight excluding hydrogens is 320 g/mol. The first kappa shape index (κ1) is 17.0. The molecule has 1 saturated heterocycles. The van der Waals surface area contributed by atoms with E-state index in [1.54, 1.807) is 29.8 Å². The number of piperidine rings is 1. The second-order valence-electron chi connectivity index (χ2n) is 6.28. The van der Waals surface area contributed by atoms with Crippen LogP contribution < -0.4 is 5.73 Å². The van der Waals surface area contributed by atoms with Crippen molar-refractivity contribution < 1.29 is 4.79 Å². The highest BCUT2D eigenvalue weighted by Crippen LogP contribution is 2.27. The fourth-order valence-corrected chi connectivity index (χ4v) is 3.98. The van der Waals surface area contributed by atoms with Crippen molar-refractivity contribution in [3.8, 4) is 0 Å². The predicted octanol–water partition coefficient (Wildman–Crippen LogP) is 2.80. The van der Waals surface area contributed by atoms with Crippen molar-refractivity contribution in [2.24, 2.45) is 11.7 Å². The number of amides is 1. The third kappa shape index (κ3) is 4.39. The van der Waals surface area contributed by atoms with Crippen molar-refractivity contribution in [2.75, 3.05) is 13.1 Å². The first-order valence-corrected chi connectivity index (χ1v) is 9.44. The number of nitrogens with zero attached hydrogens (tertiary/aromatic N) is 3. The summed E-state index contributed by atoms with van der Waals surface area (Å²) in [5.74, 6) is 1.33. The molecule has 2 aromatic heterocycles. The fraction of sp³-hybridized carbons (Fsp3) is 0.500. The third-order valence-corrected chi connectivity index (χ3v) is 5.61. The van der Waals surface area contributed by atoms with Gasteiger partial charge < -0.3 is 10.6 Å². The average Bonchev–Trinajstić information content (AvgIpc) is 3.15. The summed E-state index contributed by atoms with van der Waals surface area (Å²) in [6.07, 6.45) is 7.87. The Balaban J connectivity index is 1.42. The summed E-state index contributed by atoms with van der Waals surface area (Å²) < 4.78 is 0. The van der Waals surface area contributed by atoms with Crippen LogP contribution in [-0.4, -0.2) is 33.9 Å². The van der Waals surface area contributed by atoms with Crippen LogP contribution in [0.3, 0.4) is 0 Å². The second kappa shape index (κ2) is 8.35. The van der Waals surface area contributed by atoms with E-state index in [2.05, 4.69) is 27.5 Å². The van der Waals surface area contributed by atoms with Gasteiger partial charge in [0.1, 0.15) is 5.82 Å². The van der Waals surface area contributed by atoms with Crippen LogP contribution in [0.25, 0.3) is 0 Å². The van der Waals surface area contributed by atoms with Crippen LogP contribution in [-0.2, 0) is 11.2 Å². The van der Waals surface area contributed by atoms with E-state index < -0.39 is 0 Å². The van der Waals surface area contributed by atoms with Gasteiger partial charge in [-0.1, -0.05) is 6.07 Å². The van der Waals surface area contributed by atoms with E-state index in [9.17, 15) is 4.79 Å². The molecule has 0 aromatic carbocycles. The monoisotopic (exact) mass is 344 g/mol. The lowest BCUT2D eigenvalue weighted by Gasteiger charge is -2.34. The van der Waals surface area contributed by atoms with Gasteiger partial charge in [-0.25, -0.2) is 9.97 Å². The molecule has 1 aliphatic rings. The number of carbonyl (C=O) groups is 1. The molecule has 0 spiro atoms. The zero-order valence-corrected chi connectivity index (χ0v) is 14.6. The first-order valence-electron chi connectivity index (χ1n) is 8.56. The van der Waals surface area contributed by atoms with Crippen molar-refractivity contribution in [2.45, 2.75) is 38.1 Å². The van der Waals surface area contributed by atoms with E-state index in [1.165, 1.54) is 4.88 Å². The highest BCUT2D eigenvalue weighted by molar-refractivity contribution is 7.09. The molecule has 3 rings (SSSR count). The van der Waals surface area contributed by atoms with Gasteiger partial charge in [0.05, 0.1) is 6.04 Å². The summed E-state index contributed by atoms with van der Waals surface area (Å²) in [7, 11) is 0. The van der Waals surface area contributed by atoms with Gasteiger partial charge in [-0.2, -0.15) is 0 Å². The minimum absolute atomic E-state index is 0.137. The van der Waals surface area contributed by atoms with Crippen LogP contribution >= 0.6 is 11.3 Å². The predicted molar refractivity (Wildman–Crippen MR) is 95.5 cm³/mol. The average molecular weight is 344 g/mol. The molecule has 1 aliphatic heterocycles. The largest absolute Gasteiger partial charge is 0.343 e. The Bertz CT molecular complexity index is 624. The SMILES string of the molecule is NC(c1ncccn1)C1CCN(C(=O)CCCc2cccs2)CC1. The third-order valence-electron chi connectivity index (χ3n) is 4.68. The highest BCUT2D eigenvalue weighted by Gasteiger charge is 2.28. The van der Waals surface area contributed by atoms with Crippen LogP contribution in [0.5, 0.6) is 0 Å². The molecule has 0 saturated carbocycles. The number of nitrogens with two attached hydrogens (primary N) is 1. The Hall–Kier alpha value is -1.79. The number of hydrogen-bond acceptors (Lipinski definition) is 5. The van der Waals surface area contributed by atoms with Gasteiger partial charge in [-0.15, -0.1) is 11.3 Å². The summed E-state index contributed by atoms with van der Waals surface area (Å²) in [6.45, 7) is 1.59. The number of thiophene rings is 1. The second-order valence-corrected chi connectivity index (χ2v) is 7.32. The molecule has 5 nitrogen and oxygen atoms in total. The van der Waals surface area contributed by atoms with Gasteiger partial charge in [0, 0.05) is 36.8 Å². The van der Waals surface area contributed by atoms with Crippen LogP contribution in [0.2, 0.25) is 0 Å². The lowest BCUT2D eigenvalue weighted by Crippen LogP contribution is -2.41. The molecule has 1 atom stereocenters. The minimum atomic E-state index is -0.137. The Morgan fingerprint density at radius 3 is 2.71 bits per heavy atom. The molecule has 0 aliphatic carbocycles. The number of hydrogen-bond donors (Lipinski definition) is 1. The number of aryl methyl sites for hydroxylation is 1. The molecule has 2 N–H and O–H groups in total. The lowest BCUT2D eigenvalue weighted by molar-refractivity contribution is -0.132. The number of carbonyl (C=O) groups excluding carboxylic acids is 1. The van der Waals surface area contributed by atoms with Crippen molar-refractivity contribution in [1.29, 1.82) is 0 Å². The summed E-state index contributed by atoms with van der Waals surface area (Å²) in [5.41, 5.74) is 6.30. The maximum Gasteiger partial charge on any atom is 0.222 e. The van der Waals surface area contributed by atoms with E-state index in [-0.39, 0.29) is 11.9 Å². The summed E-state index contributed by atoms with van der Waals surface area (Å²) in [6, 6.07) is 5.86. The van der Waals surface area contributed by atoms with Crippen molar-refractivity contribution >= 4 is 17.2 Å². The molecular formula is C18H24N4OS. The minimum Gasteiger partial charge on any atom is -0.343 e. The van der Waals surface area contributed by atoms with Gasteiger partial charge in [-0.05, 0) is 49.1 Å². The van der Waals surface area contributed by atoms with E-state index in [1.807, 2.05) is 4.90 Å². The fourth-order valence-electron chi connectivity index (χ4n) is 3.23. The maximum absolute atomic E-state index is 12.3. The quantitative estimate of drug-likeness (QED) is 0.874. The first-order chi connectivity index (χ1) is 11.7. The van der Waals surface area contributed by atoms with Gasteiger partial charge in [0.2, 0.25) is 5.91 Å². The summed E-state index contributed by atoms with van der Waals surface area (Å²) >= 11 is 1.76. The van der Waals surface area contributed by atoms with Crippen LogP contribution in [0.4, 0.5) is 0 Å². The van der Waals surface area contributed by atoms with Crippen LogP contribution in [0.1, 0.15) is 42.4 Å². The molecule has 1 fully saturated rings. The lowest BCUT2D eigenvalue weighted by atomic mass is 9.89. The van der Waals surface area contributed by atoms with Crippen molar-refractivity contribution in [3.63, 3.8) is 0 Å². The zero-order valence-electron chi connectivity index (χ0n) is 13.8. The highest BCUT2D eigenvalue weighted by atomic mass is 32.1. The maximum atomic E-state index is 12.3. The standard InChI is InChI=1S/C18H24N4OS/c19-17(18-20-9-3-10-21-18)14-7-11-22(12-8-14)16(23)6-1-4-15-5-2-13-24-15/h2-3,5,9-10,13-14,17H,1,4,6-8,11-12,19H2. The summed E-state index contributed by atoms with van der Waals surface area (Å²) in [5, 5.41) is 2.08. The Labute approximate surface area is 146 Å². The van der Waals surface area contributed by atoms with Gasteiger partial charge in [-0.3, -0.25) is 4.79 Å². The van der Waals surface area contributed by atoms with E-state index in [0.717, 1.165) is 38.8 Å². The molecule has 2 aromatic rings. The van der Waals surface area contributed by atoms with Gasteiger partial charge in [0.15, 0.2) is 0 Å². The van der Waals surface area contributed by atoms with E-state index >= 15 is 0 Å². The number of aromatic nitrogens is 2. The Morgan fingerprint density at radius 1 is 1.29 bits per heavy atom. The van der Waals surface area contributed by atoms with E-state index in [0.29, 0.717) is 18.2 Å². The Morgan fingerprint density at radius 2 is 2.04 bits per heavy atom. The topological polar surface area (TPSA) is 72.1 Å². The molecule has 6 heteroatoms. The summed E-state index contributed by atoms with van der Waals surface area (Å²) in [4.78, 5) is 24.2. The van der Waals surface area contributed by atoms with Crippen molar-refractivity contribution in [3.05, 3.63) is 46.7 Å².